The third-order valence-electron chi connectivity index (χ3n) is 3.42. The number of aliphatic hydroxyl groups is 1. The highest BCUT2D eigenvalue weighted by molar-refractivity contribution is 4.89. The summed E-state index contributed by atoms with van der Waals surface area (Å²) in [4.78, 5) is 4.72. The van der Waals surface area contributed by atoms with Crippen LogP contribution in [0.5, 0.6) is 0 Å². The zero-order valence-corrected chi connectivity index (χ0v) is 10.6. The summed E-state index contributed by atoms with van der Waals surface area (Å²) in [6.07, 6.45) is 3.20. The second-order valence-corrected chi connectivity index (χ2v) is 4.97. The molecule has 1 heterocycles. The van der Waals surface area contributed by atoms with Crippen molar-refractivity contribution in [2.75, 3.05) is 27.2 Å². The molecule has 0 spiro atoms. The van der Waals surface area contributed by atoms with Crippen LogP contribution in [0.3, 0.4) is 0 Å². The lowest BCUT2D eigenvalue weighted by atomic mass is 10.1. The minimum absolute atomic E-state index is 0.115. The van der Waals surface area contributed by atoms with Crippen molar-refractivity contribution in [3.8, 4) is 0 Å². The molecule has 0 amide bonds. The van der Waals surface area contributed by atoms with Crippen LogP contribution in [0.15, 0.2) is 0 Å². The molecule has 1 rings (SSSR count). The Kier molecular flexibility index (Phi) is 5.03. The normalized spacial score (nSPS) is 28.2. The molecule has 2 atom stereocenters. The van der Waals surface area contributed by atoms with Crippen LogP contribution in [0.1, 0.15) is 33.1 Å². The van der Waals surface area contributed by atoms with Crippen molar-refractivity contribution in [1.29, 1.82) is 0 Å². The molecule has 2 unspecified atom stereocenters. The van der Waals surface area contributed by atoms with E-state index in [0.717, 1.165) is 19.5 Å². The molecular formula is C12H26N2O. The fourth-order valence-corrected chi connectivity index (χ4v) is 2.72. The van der Waals surface area contributed by atoms with Crippen LogP contribution in [0.2, 0.25) is 0 Å². The molecule has 0 aromatic carbocycles. The van der Waals surface area contributed by atoms with Crippen LogP contribution in [0.4, 0.5) is 0 Å². The van der Waals surface area contributed by atoms with E-state index in [4.69, 9.17) is 0 Å². The fraction of sp³-hybridized carbons (Fsp3) is 1.00. The quantitative estimate of drug-likeness (QED) is 0.744. The first-order chi connectivity index (χ1) is 7.08. The van der Waals surface area contributed by atoms with Gasteiger partial charge >= 0.3 is 0 Å². The molecule has 1 aliphatic heterocycles. The molecule has 1 N–H and O–H groups in total. The fourth-order valence-electron chi connectivity index (χ4n) is 2.72. The van der Waals surface area contributed by atoms with Gasteiger partial charge in [-0.25, -0.2) is 0 Å². The second kappa shape index (κ2) is 5.83. The van der Waals surface area contributed by atoms with Gasteiger partial charge in [0.05, 0.1) is 6.10 Å². The van der Waals surface area contributed by atoms with E-state index >= 15 is 0 Å². The Morgan fingerprint density at radius 2 is 1.93 bits per heavy atom. The number of aliphatic hydroxyl groups excluding tert-OH is 1. The Balaban J connectivity index is 2.59. The van der Waals surface area contributed by atoms with Gasteiger partial charge in [-0.2, -0.15) is 0 Å². The van der Waals surface area contributed by atoms with E-state index in [9.17, 15) is 5.11 Å². The maximum atomic E-state index is 9.76. The largest absolute Gasteiger partial charge is 0.392 e. The third-order valence-corrected chi connectivity index (χ3v) is 3.42. The van der Waals surface area contributed by atoms with Gasteiger partial charge in [-0.15, -0.1) is 0 Å². The maximum Gasteiger partial charge on any atom is 0.0682 e. The van der Waals surface area contributed by atoms with Crippen molar-refractivity contribution >= 4 is 0 Å². The van der Waals surface area contributed by atoms with Gasteiger partial charge in [-0.05, 0) is 33.4 Å². The van der Waals surface area contributed by atoms with Crippen molar-refractivity contribution in [2.45, 2.75) is 51.3 Å². The van der Waals surface area contributed by atoms with Crippen LogP contribution in [0.25, 0.3) is 0 Å². The lowest BCUT2D eigenvalue weighted by Gasteiger charge is -2.33. The zero-order valence-electron chi connectivity index (χ0n) is 10.6. The number of nitrogens with zero attached hydrogens (tertiary/aromatic N) is 2. The smallest absolute Gasteiger partial charge is 0.0682 e. The molecule has 1 saturated heterocycles. The number of hydrogen-bond donors (Lipinski definition) is 1. The molecule has 90 valence electrons. The van der Waals surface area contributed by atoms with Gasteiger partial charge in [0, 0.05) is 25.2 Å². The molecule has 0 aliphatic carbocycles. The minimum atomic E-state index is -0.115. The van der Waals surface area contributed by atoms with Crippen LogP contribution >= 0.6 is 0 Å². The van der Waals surface area contributed by atoms with Crippen LogP contribution in [-0.4, -0.2) is 60.3 Å². The molecule has 15 heavy (non-hydrogen) atoms. The summed E-state index contributed by atoms with van der Waals surface area (Å²) in [6, 6.07) is 1.19. The summed E-state index contributed by atoms with van der Waals surface area (Å²) in [6.45, 7) is 6.41. The van der Waals surface area contributed by atoms with Gasteiger partial charge in [0.1, 0.15) is 0 Å². The van der Waals surface area contributed by atoms with Crippen molar-refractivity contribution < 1.29 is 5.11 Å². The SMILES string of the molecule is CCC(CC)N1CC(O)CC1CN(C)C. The Hall–Kier alpha value is -0.120. The molecule has 0 aromatic heterocycles. The van der Waals surface area contributed by atoms with Crippen molar-refractivity contribution in [3.63, 3.8) is 0 Å². The highest BCUT2D eigenvalue weighted by Crippen LogP contribution is 2.23. The van der Waals surface area contributed by atoms with Crippen molar-refractivity contribution in [2.24, 2.45) is 0 Å². The van der Waals surface area contributed by atoms with Gasteiger partial charge in [0.15, 0.2) is 0 Å². The molecule has 1 aliphatic rings. The zero-order chi connectivity index (χ0) is 11.4. The van der Waals surface area contributed by atoms with Crippen LogP contribution < -0.4 is 0 Å². The monoisotopic (exact) mass is 214 g/mol. The molecule has 0 saturated carbocycles. The number of likely N-dealkylation sites (N-methyl/N-ethyl adjacent to an activating group) is 1. The van der Waals surface area contributed by atoms with Crippen LogP contribution in [0, 0.1) is 0 Å². The maximum absolute atomic E-state index is 9.76. The highest BCUT2D eigenvalue weighted by atomic mass is 16.3. The number of likely N-dealkylation sites (tertiary alicyclic amines) is 1. The van der Waals surface area contributed by atoms with Crippen LogP contribution in [-0.2, 0) is 0 Å². The van der Waals surface area contributed by atoms with E-state index in [0.29, 0.717) is 12.1 Å². The standard InChI is InChI=1S/C12H26N2O/c1-5-10(6-2)14-9-12(15)7-11(14)8-13(3)4/h10-12,15H,5-9H2,1-4H3. The molecule has 0 aromatic rings. The molecule has 0 bridgehead atoms. The average molecular weight is 214 g/mol. The summed E-state index contributed by atoms with van der Waals surface area (Å²) >= 11 is 0. The molecule has 1 fully saturated rings. The number of β-amino-alcohol motifs (C(OH)–C–C–N with tert-alkyl or cyclic N) is 1. The van der Waals surface area contributed by atoms with Gasteiger partial charge < -0.3 is 10.0 Å². The molecule has 0 radical (unpaired) electrons. The van der Waals surface area contributed by atoms with Crippen molar-refractivity contribution in [3.05, 3.63) is 0 Å². The van der Waals surface area contributed by atoms with E-state index in [1.807, 2.05) is 0 Å². The van der Waals surface area contributed by atoms with Gasteiger partial charge in [-0.1, -0.05) is 13.8 Å². The Bertz CT molecular complexity index is 180. The highest BCUT2D eigenvalue weighted by Gasteiger charge is 2.34. The summed E-state index contributed by atoms with van der Waals surface area (Å²) in [5, 5.41) is 9.76. The third kappa shape index (κ3) is 3.44. The van der Waals surface area contributed by atoms with E-state index in [-0.39, 0.29) is 6.10 Å². The van der Waals surface area contributed by atoms with Gasteiger partial charge in [-0.3, -0.25) is 4.90 Å². The molecular weight excluding hydrogens is 188 g/mol. The van der Waals surface area contributed by atoms with E-state index < -0.39 is 0 Å². The summed E-state index contributed by atoms with van der Waals surface area (Å²) < 4.78 is 0. The lowest BCUT2D eigenvalue weighted by molar-refractivity contribution is 0.130. The summed E-state index contributed by atoms with van der Waals surface area (Å²) in [5.74, 6) is 0. The van der Waals surface area contributed by atoms with Crippen molar-refractivity contribution in [1.82, 2.24) is 9.80 Å². The predicted molar refractivity (Wildman–Crippen MR) is 64.0 cm³/mol. The second-order valence-electron chi connectivity index (χ2n) is 4.97. The topological polar surface area (TPSA) is 26.7 Å². The number of hydrogen-bond acceptors (Lipinski definition) is 3. The molecule has 3 heteroatoms. The van der Waals surface area contributed by atoms with Gasteiger partial charge in [0.2, 0.25) is 0 Å². The Morgan fingerprint density at radius 3 is 2.40 bits per heavy atom. The summed E-state index contributed by atoms with van der Waals surface area (Å²) in [5.41, 5.74) is 0. The first-order valence-corrected chi connectivity index (χ1v) is 6.17. The number of rotatable bonds is 5. The Morgan fingerprint density at radius 1 is 1.33 bits per heavy atom. The molecule has 3 nitrogen and oxygen atoms in total. The first-order valence-electron chi connectivity index (χ1n) is 6.17. The first kappa shape index (κ1) is 12.9. The van der Waals surface area contributed by atoms with E-state index in [2.05, 4.69) is 37.7 Å². The predicted octanol–water partition coefficient (Wildman–Crippen LogP) is 1.17. The summed E-state index contributed by atoms with van der Waals surface area (Å²) in [7, 11) is 4.21. The Labute approximate surface area is 94.1 Å². The average Bonchev–Trinajstić information content (AvgIpc) is 2.48. The van der Waals surface area contributed by atoms with Gasteiger partial charge in [0.25, 0.3) is 0 Å². The minimum Gasteiger partial charge on any atom is -0.392 e. The lowest BCUT2D eigenvalue weighted by Crippen LogP contribution is -2.43. The van der Waals surface area contributed by atoms with E-state index in [1.165, 1.54) is 12.8 Å². The van der Waals surface area contributed by atoms with E-state index in [1.54, 1.807) is 0 Å².